The van der Waals surface area contributed by atoms with Gasteiger partial charge in [0.05, 0.1) is 0 Å². The molecule has 0 radical (unpaired) electrons. The van der Waals surface area contributed by atoms with Crippen molar-refractivity contribution in [3.63, 3.8) is 0 Å². The Morgan fingerprint density at radius 2 is 0.861 bits per heavy atom. The van der Waals surface area contributed by atoms with Gasteiger partial charge in [-0.25, -0.2) is 0 Å². The molecule has 2 heteroatoms. The smallest absolute Gasteiger partial charge is 0.0376 e. The lowest BCUT2D eigenvalue weighted by Crippen LogP contribution is -2.53. The summed E-state index contributed by atoms with van der Waals surface area (Å²) in [6.45, 7) is 33.4. The number of rotatable bonds is 11. The fourth-order valence-corrected chi connectivity index (χ4v) is 5.51. The molecule has 2 rings (SSSR count). The molecule has 2 aromatic rings. The van der Waals surface area contributed by atoms with E-state index in [9.17, 15) is 0 Å². The molecule has 0 aromatic heterocycles. The van der Waals surface area contributed by atoms with Crippen molar-refractivity contribution in [3.8, 4) is 0 Å². The third kappa shape index (κ3) is 7.67. The quantitative estimate of drug-likeness (QED) is 0.311. The van der Waals surface area contributed by atoms with Crippen molar-refractivity contribution < 1.29 is 0 Å². The second-order valence-corrected chi connectivity index (χ2v) is 12.8. The topological polar surface area (TPSA) is 6.48 Å². The lowest BCUT2D eigenvalue weighted by atomic mass is 9.88. The minimum absolute atomic E-state index is 0.0362. The molecule has 2 aromatic carbocycles. The molecule has 2 atom stereocenters. The monoisotopic (exact) mass is 488 g/mol. The van der Waals surface area contributed by atoms with Crippen LogP contribution in [0.1, 0.15) is 104 Å². The van der Waals surface area contributed by atoms with Crippen LogP contribution in [0.25, 0.3) is 12.2 Å². The number of benzene rings is 2. The summed E-state index contributed by atoms with van der Waals surface area (Å²) >= 11 is 0. The standard InChI is InChI=1S/C34H52N2/c1-13-27-15-19-29(20-16-27)31(25(3)4)35(33(7,8)9)23-24-36(34(10,11)12)32(26(5)6)30-21-17-28(14-2)18-22-30/h13-22,25-26,31-32H,1-2,23-24H2,3-12H3. The highest BCUT2D eigenvalue weighted by molar-refractivity contribution is 5.48. The van der Waals surface area contributed by atoms with Crippen LogP contribution in [0, 0.1) is 11.8 Å². The summed E-state index contributed by atoms with van der Waals surface area (Å²) in [4.78, 5) is 5.44. The first-order valence-corrected chi connectivity index (χ1v) is 13.7. The highest BCUT2D eigenvalue weighted by atomic mass is 15.3. The zero-order valence-corrected chi connectivity index (χ0v) is 24.8. The van der Waals surface area contributed by atoms with E-state index < -0.39 is 0 Å². The van der Waals surface area contributed by atoms with E-state index in [0.29, 0.717) is 23.9 Å². The molecule has 0 aliphatic carbocycles. The second kappa shape index (κ2) is 12.4. The Balaban J connectivity index is 2.46. The molecule has 0 saturated heterocycles. The van der Waals surface area contributed by atoms with Gasteiger partial charge in [-0.05, 0) is 75.6 Å². The van der Waals surface area contributed by atoms with Gasteiger partial charge in [-0.2, -0.15) is 0 Å². The molecule has 36 heavy (non-hydrogen) atoms. The molecular formula is C34H52N2. The molecule has 0 heterocycles. The predicted molar refractivity (Wildman–Crippen MR) is 161 cm³/mol. The van der Waals surface area contributed by atoms with E-state index in [-0.39, 0.29) is 11.1 Å². The Hall–Kier alpha value is -2.16. The van der Waals surface area contributed by atoms with Crippen LogP contribution in [0.15, 0.2) is 61.7 Å². The third-order valence-electron chi connectivity index (χ3n) is 7.27. The number of nitrogens with zero attached hydrogens (tertiary/aromatic N) is 2. The summed E-state index contributed by atoms with van der Waals surface area (Å²) in [5, 5.41) is 0. The SMILES string of the molecule is C=Cc1ccc(C(C(C)C)N(CCN(C(c2ccc(C=C)cc2)C(C)C)C(C)(C)C)C(C)(C)C)cc1. The molecule has 2 unspecified atom stereocenters. The molecule has 198 valence electrons. The first kappa shape index (κ1) is 30.1. The summed E-state index contributed by atoms with van der Waals surface area (Å²) < 4.78 is 0. The lowest BCUT2D eigenvalue weighted by Gasteiger charge is -2.48. The fraction of sp³-hybridized carbons (Fsp3) is 0.529. The molecule has 0 aliphatic heterocycles. The zero-order chi connectivity index (χ0) is 27.3. The van der Waals surface area contributed by atoms with Crippen LogP contribution >= 0.6 is 0 Å². The van der Waals surface area contributed by atoms with E-state index in [2.05, 4.69) is 141 Å². The van der Waals surface area contributed by atoms with Crippen LogP contribution in [0.2, 0.25) is 0 Å². The van der Waals surface area contributed by atoms with Gasteiger partial charge >= 0.3 is 0 Å². The van der Waals surface area contributed by atoms with Crippen molar-refractivity contribution in [3.05, 3.63) is 83.9 Å². The van der Waals surface area contributed by atoms with Crippen LogP contribution in [-0.4, -0.2) is 34.0 Å². The van der Waals surface area contributed by atoms with Gasteiger partial charge in [-0.1, -0.05) is 102 Å². The van der Waals surface area contributed by atoms with Crippen molar-refractivity contribution in [2.24, 2.45) is 11.8 Å². The molecule has 0 fully saturated rings. The molecule has 0 saturated carbocycles. The van der Waals surface area contributed by atoms with E-state index in [1.165, 1.54) is 22.3 Å². The van der Waals surface area contributed by atoms with Gasteiger partial charge in [-0.15, -0.1) is 0 Å². The lowest BCUT2D eigenvalue weighted by molar-refractivity contribution is 0.00458. The summed E-state index contributed by atoms with van der Waals surface area (Å²) in [6, 6.07) is 18.6. The van der Waals surface area contributed by atoms with Gasteiger partial charge in [0.15, 0.2) is 0 Å². The average molecular weight is 489 g/mol. The predicted octanol–water partition coefficient (Wildman–Crippen LogP) is 9.27. The zero-order valence-electron chi connectivity index (χ0n) is 24.8. The second-order valence-electron chi connectivity index (χ2n) is 12.8. The first-order valence-electron chi connectivity index (χ1n) is 13.7. The molecule has 2 nitrogen and oxygen atoms in total. The normalized spacial score (nSPS) is 14.5. The highest BCUT2D eigenvalue weighted by Crippen LogP contribution is 2.37. The average Bonchev–Trinajstić information content (AvgIpc) is 2.79. The van der Waals surface area contributed by atoms with E-state index in [4.69, 9.17) is 0 Å². The molecule has 0 aliphatic rings. The fourth-order valence-electron chi connectivity index (χ4n) is 5.51. The minimum atomic E-state index is 0.0362. The van der Waals surface area contributed by atoms with Crippen LogP contribution < -0.4 is 0 Å². The van der Waals surface area contributed by atoms with Crippen molar-refractivity contribution in [1.82, 2.24) is 9.80 Å². The van der Waals surface area contributed by atoms with Crippen molar-refractivity contribution in [1.29, 1.82) is 0 Å². The minimum Gasteiger partial charge on any atom is -0.290 e. The van der Waals surface area contributed by atoms with Gasteiger partial charge in [0.1, 0.15) is 0 Å². The van der Waals surface area contributed by atoms with Crippen LogP contribution in [0.4, 0.5) is 0 Å². The van der Waals surface area contributed by atoms with Crippen molar-refractivity contribution in [2.75, 3.05) is 13.1 Å². The molecule has 0 N–H and O–H groups in total. The van der Waals surface area contributed by atoms with Gasteiger partial charge in [-0.3, -0.25) is 9.80 Å². The number of hydrogen-bond acceptors (Lipinski definition) is 2. The maximum absolute atomic E-state index is 3.93. The van der Waals surface area contributed by atoms with E-state index >= 15 is 0 Å². The van der Waals surface area contributed by atoms with Gasteiger partial charge < -0.3 is 0 Å². The van der Waals surface area contributed by atoms with E-state index in [0.717, 1.165) is 13.1 Å². The summed E-state index contributed by atoms with van der Waals surface area (Å²) in [7, 11) is 0. The highest BCUT2D eigenvalue weighted by Gasteiger charge is 2.36. The third-order valence-corrected chi connectivity index (χ3v) is 7.27. The summed E-state index contributed by atoms with van der Waals surface area (Å²) in [5.41, 5.74) is 5.18. The summed E-state index contributed by atoms with van der Waals surface area (Å²) in [5.74, 6) is 0.989. The maximum atomic E-state index is 3.93. The van der Waals surface area contributed by atoms with Crippen LogP contribution in [0.5, 0.6) is 0 Å². The van der Waals surface area contributed by atoms with Crippen molar-refractivity contribution in [2.45, 2.75) is 92.4 Å². The Labute approximate surface area is 223 Å². The van der Waals surface area contributed by atoms with Crippen LogP contribution in [0.3, 0.4) is 0 Å². The Bertz CT molecular complexity index is 871. The molecule has 0 amide bonds. The summed E-state index contributed by atoms with van der Waals surface area (Å²) in [6.07, 6.45) is 3.84. The van der Waals surface area contributed by atoms with Gasteiger partial charge in [0.25, 0.3) is 0 Å². The first-order chi connectivity index (χ1) is 16.7. The van der Waals surface area contributed by atoms with E-state index in [1.807, 2.05) is 12.2 Å². The van der Waals surface area contributed by atoms with Gasteiger partial charge in [0, 0.05) is 36.3 Å². The van der Waals surface area contributed by atoms with E-state index in [1.54, 1.807) is 0 Å². The largest absolute Gasteiger partial charge is 0.290 e. The molecule has 0 spiro atoms. The van der Waals surface area contributed by atoms with Crippen LogP contribution in [-0.2, 0) is 0 Å². The van der Waals surface area contributed by atoms with Crippen molar-refractivity contribution >= 4 is 12.2 Å². The maximum Gasteiger partial charge on any atom is 0.0376 e. The molecular weight excluding hydrogens is 436 g/mol. The Kier molecular flexibility index (Phi) is 10.3. The van der Waals surface area contributed by atoms with Gasteiger partial charge in [0.2, 0.25) is 0 Å². The Morgan fingerprint density at radius 1 is 0.583 bits per heavy atom. The Morgan fingerprint density at radius 3 is 1.06 bits per heavy atom. The molecule has 0 bridgehead atoms. The number of hydrogen-bond donors (Lipinski definition) is 0.